The summed E-state index contributed by atoms with van der Waals surface area (Å²) in [7, 11) is -3.51. The van der Waals surface area contributed by atoms with Crippen molar-refractivity contribution in [3.63, 3.8) is 0 Å². The lowest BCUT2D eigenvalue weighted by Gasteiger charge is -2.32. The van der Waals surface area contributed by atoms with Crippen LogP contribution in [0.2, 0.25) is 0 Å². The molecule has 1 aromatic carbocycles. The van der Waals surface area contributed by atoms with Gasteiger partial charge >= 0.3 is 0 Å². The summed E-state index contributed by atoms with van der Waals surface area (Å²) in [5, 5.41) is 0. The molecule has 0 radical (unpaired) electrons. The van der Waals surface area contributed by atoms with Gasteiger partial charge in [0.1, 0.15) is 5.82 Å². The van der Waals surface area contributed by atoms with Crippen LogP contribution < -0.4 is 4.90 Å². The van der Waals surface area contributed by atoms with E-state index in [1.165, 1.54) is 0 Å². The fourth-order valence-corrected chi connectivity index (χ4v) is 5.76. The van der Waals surface area contributed by atoms with Gasteiger partial charge in [-0.05, 0) is 71.2 Å². The molecule has 1 aromatic heterocycles. The molecule has 2 heterocycles. The fourth-order valence-electron chi connectivity index (χ4n) is 4.08. The van der Waals surface area contributed by atoms with E-state index in [4.69, 9.17) is 0 Å². The van der Waals surface area contributed by atoms with Crippen LogP contribution in [0.3, 0.4) is 0 Å². The van der Waals surface area contributed by atoms with Crippen molar-refractivity contribution < 1.29 is 8.42 Å². The highest BCUT2D eigenvalue weighted by molar-refractivity contribution is 7.89. The summed E-state index contributed by atoms with van der Waals surface area (Å²) in [5.41, 5.74) is 2.01. The van der Waals surface area contributed by atoms with Crippen LogP contribution in [0.15, 0.2) is 47.5 Å². The van der Waals surface area contributed by atoms with Gasteiger partial charge in [0.25, 0.3) is 0 Å². The molecule has 0 bridgehead atoms. The molecule has 1 aliphatic rings. The van der Waals surface area contributed by atoms with Crippen molar-refractivity contribution in [2.24, 2.45) is 0 Å². The number of hydrogen-bond donors (Lipinski definition) is 0. The zero-order valence-corrected chi connectivity index (χ0v) is 18.3. The van der Waals surface area contributed by atoms with Gasteiger partial charge in [-0.3, -0.25) is 0 Å². The first-order chi connectivity index (χ1) is 13.2. The maximum atomic E-state index is 13.2. The first kappa shape index (κ1) is 20.8. The summed E-state index contributed by atoms with van der Waals surface area (Å²) in [6, 6.07) is 11.7. The van der Waals surface area contributed by atoms with Crippen LogP contribution in [-0.2, 0) is 10.0 Å². The molecular weight excluding hydrogens is 370 g/mol. The number of hydrogen-bond acceptors (Lipinski definition) is 4. The van der Waals surface area contributed by atoms with Gasteiger partial charge in [0.15, 0.2) is 0 Å². The van der Waals surface area contributed by atoms with E-state index in [-0.39, 0.29) is 6.04 Å². The normalized spacial score (nSPS) is 18.2. The highest BCUT2D eigenvalue weighted by Crippen LogP contribution is 2.36. The highest BCUT2D eigenvalue weighted by Gasteiger charge is 2.36. The van der Waals surface area contributed by atoms with Gasteiger partial charge in [-0.25, -0.2) is 13.4 Å². The molecule has 0 amide bonds. The van der Waals surface area contributed by atoms with Crippen molar-refractivity contribution in [3.05, 3.63) is 53.7 Å². The van der Waals surface area contributed by atoms with E-state index in [1.54, 1.807) is 16.4 Å². The van der Waals surface area contributed by atoms with E-state index >= 15 is 0 Å². The molecule has 3 rings (SSSR count). The molecule has 0 saturated carbocycles. The lowest BCUT2D eigenvalue weighted by Crippen LogP contribution is -2.37. The van der Waals surface area contributed by atoms with Gasteiger partial charge in [-0.2, -0.15) is 4.31 Å². The van der Waals surface area contributed by atoms with Crippen LogP contribution in [0, 0.1) is 6.92 Å². The topological polar surface area (TPSA) is 53.5 Å². The lowest BCUT2D eigenvalue weighted by molar-refractivity contribution is 0.396. The number of pyridine rings is 1. The predicted octanol–water partition coefficient (Wildman–Crippen LogP) is 4.54. The monoisotopic (exact) mass is 401 g/mol. The van der Waals surface area contributed by atoms with Gasteiger partial charge in [0.2, 0.25) is 10.0 Å². The molecule has 1 saturated heterocycles. The maximum absolute atomic E-state index is 13.2. The Morgan fingerprint density at radius 2 is 1.68 bits per heavy atom. The summed E-state index contributed by atoms with van der Waals surface area (Å²) in [6.07, 6.45) is 3.53. The summed E-state index contributed by atoms with van der Waals surface area (Å²) in [4.78, 5) is 7.30. The Labute approximate surface area is 169 Å². The molecule has 1 atom stereocenters. The SMILES string of the molecule is Cc1ccc(S(=O)(=O)N2CCC[C@@H]2c2ccc(N(C(C)C)C(C)C)nc2)cc1. The van der Waals surface area contributed by atoms with Crippen molar-refractivity contribution in [1.29, 1.82) is 0 Å². The van der Waals surface area contributed by atoms with Crippen LogP contribution >= 0.6 is 0 Å². The predicted molar refractivity (Wildman–Crippen MR) is 114 cm³/mol. The van der Waals surface area contributed by atoms with Gasteiger partial charge in [0, 0.05) is 24.8 Å². The molecular formula is C22H31N3O2S. The second-order valence-electron chi connectivity index (χ2n) is 8.13. The second kappa shape index (κ2) is 8.21. The van der Waals surface area contributed by atoms with Crippen molar-refractivity contribution in [2.75, 3.05) is 11.4 Å². The Hall–Kier alpha value is -1.92. The first-order valence-electron chi connectivity index (χ1n) is 10.0. The fraction of sp³-hybridized carbons (Fsp3) is 0.500. The molecule has 1 aliphatic heterocycles. The van der Waals surface area contributed by atoms with Crippen molar-refractivity contribution in [1.82, 2.24) is 9.29 Å². The Balaban J connectivity index is 1.87. The number of benzene rings is 1. The zero-order chi connectivity index (χ0) is 20.5. The Bertz CT molecular complexity index is 882. The summed E-state index contributed by atoms with van der Waals surface area (Å²) in [6.45, 7) is 11.1. The van der Waals surface area contributed by atoms with Crippen LogP contribution in [0.5, 0.6) is 0 Å². The molecule has 0 N–H and O–H groups in total. The Kier molecular flexibility index (Phi) is 6.10. The number of nitrogens with zero attached hydrogens (tertiary/aromatic N) is 3. The van der Waals surface area contributed by atoms with Crippen LogP contribution in [0.25, 0.3) is 0 Å². The largest absolute Gasteiger partial charge is 0.352 e. The number of rotatable bonds is 6. The maximum Gasteiger partial charge on any atom is 0.243 e. The van der Waals surface area contributed by atoms with E-state index in [0.29, 0.717) is 23.5 Å². The lowest BCUT2D eigenvalue weighted by atomic mass is 10.1. The molecule has 5 nitrogen and oxygen atoms in total. The van der Waals surface area contributed by atoms with Crippen LogP contribution in [-0.4, -0.2) is 36.3 Å². The Morgan fingerprint density at radius 1 is 1.04 bits per heavy atom. The summed E-state index contributed by atoms with van der Waals surface area (Å²) < 4.78 is 28.0. The number of aromatic nitrogens is 1. The second-order valence-corrected chi connectivity index (χ2v) is 10.0. The van der Waals surface area contributed by atoms with E-state index < -0.39 is 10.0 Å². The molecule has 152 valence electrons. The molecule has 1 fully saturated rings. The minimum atomic E-state index is -3.51. The van der Waals surface area contributed by atoms with Crippen molar-refractivity contribution in [2.45, 2.75) is 70.5 Å². The van der Waals surface area contributed by atoms with E-state index in [2.05, 4.69) is 37.6 Å². The van der Waals surface area contributed by atoms with E-state index in [0.717, 1.165) is 29.8 Å². The van der Waals surface area contributed by atoms with Crippen molar-refractivity contribution in [3.8, 4) is 0 Å². The molecule has 2 aromatic rings. The van der Waals surface area contributed by atoms with Gasteiger partial charge in [-0.1, -0.05) is 23.8 Å². The standard InChI is InChI=1S/C22H31N3O2S/c1-16(2)25(17(3)4)22-13-10-19(15-23-22)21-7-6-14-24(21)28(26,27)20-11-8-18(5)9-12-20/h8-13,15-17,21H,6-7,14H2,1-5H3/t21-/m1/s1. The van der Waals surface area contributed by atoms with Gasteiger partial charge in [-0.15, -0.1) is 0 Å². The average molecular weight is 402 g/mol. The third-order valence-electron chi connectivity index (χ3n) is 5.36. The molecule has 0 unspecified atom stereocenters. The highest BCUT2D eigenvalue weighted by atomic mass is 32.2. The van der Waals surface area contributed by atoms with E-state index in [9.17, 15) is 8.42 Å². The van der Waals surface area contributed by atoms with Gasteiger partial charge in [0.05, 0.1) is 10.9 Å². The van der Waals surface area contributed by atoms with E-state index in [1.807, 2.05) is 37.4 Å². The van der Waals surface area contributed by atoms with Crippen LogP contribution in [0.1, 0.15) is 57.7 Å². The number of aryl methyl sites for hydroxylation is 1. The van der Waals surface area contributed by atoms with Gasteiger partial charge < -0.3 is 4.90 Å². The summed E-state index contributed by atoms with van der Waals surface area (Å²) >= 11 is 0. The summed E-state index contributed by atoms with van der Waals surface area (Å²) in [5.74, 6) is 0.930. The minimum absolute atomic E-state index is 0.153. The molecule has 28 heavy (non-hydrogen) atoms. The Morgan fingerprint density at radius 3 is 2.21 bits per heavy atom. The smallest absolute Gasteiger partial charge is 0.243 e. The zero-order valence-electron chi connectivity index (χ0n) is 17.5. The molecule has 0 spiro atoms. The average Bonchev–Trinajstić information content (AvgIpc) is 3.13. The third kappa shape index (κ3) is 4.08. The molecule has 0 aliphatic carbocycles. The first-order valence-corrected chi connectivity index (χ1v) is 11.5. The number of sulfonamides is 1. The number of anilines is 1. The quantitative estimate of drug-likeness (QED) is 0.713. The molecule has 6 heteroatoms. The van der Waals surface area contributed by atoms with Crippen LogP contribution in [0.4, 0.5) is 5.82 Å². The van der Waals surface area contributed by atoms with Crippen molar-refractivity contribution >= 4 is 15.8 Å². The third-order valence-corrected chi connectivity index (χ3v) is 7.29. The minimum Gasteiger partial charge on any atom is -0.352 e.